The topological polar surface area (TPSA) is 80.2 Å². The van der Waals surface area contributed by atoms with Crippen molar-refractivity contribution in [2.45, 2.75) is 25.8 Å². The predicted molar refractivity (Wildman–Crippen MR) is 115 cm³/mol. The first kappa shape index (κ1) is 20.0. The Morgan fingerprint density at radius 1 is 1.20 bits per heavy atom. The number of nitrogens with zero attached hydrogens (tertiary/aromatic N) is 4. The number of rotatable bonds is 6. The summed E-state index contributed by atoms with van der Waals surface area (Å²) in [7, 11) is 1.61. The molecular weight excluding hydrogens is 378 g/mol. The Balaban J connectivity index is 1.39. The van der Waals surface area contributed by atoms with E-state index in [9.17, 15) is 4.79 Å². The van der Waals surface area contributed by atoms with Gasteiger partial charge in [-0.25, -0.2) is 9.97 Å². The van der Waals surface area contributed by atoms with Crippen LogP contribution in [0.3, 0.4) is 0 Å². The van der Waals surface area contributed by atoms with Crippen LogP contribution in [0.4, 0.5) is 5.69 Å². The number of anilines is 1. The van der Waals surface area contributed by atoms with Crippen LogP contribution in [0.5, 0.6) is 5.75 Å². The van der Waals surface area contributed by atoms with Gasteiger partial charge in [-0.15, -0.1) is 0 Å². The molecule has 1 aromatic carbocycles. The van der Waals surface area contributed by atoms with Crippen LogP contribution in [0.2, 0.25) is 0 Å². The lowest BCUT2D eigenvalue weighted by atomic mass is 10.1. The molecule has 154 valence electrons. The first-order valence-electron chi connectivity index (χ1n) is 10.0. The number of carbonyl (C=O) groups excluding carboxylic acids is 1. The molecule has 3 heterocycles. The first-order valence-corrected chi connectivity index (χ1v) is 10.0. The summed E-state index contributed by atoms with van der Waals surface area (Å²) in [5.74, 6) is 1.60. The molecule has 1 atom stereocenters. The molecule has 7 heteroatoms. The van der Waals surface area contributed by atoms with E-state index in [1.165, 1.54) is 0 Å². The fraction of sp³-hybridized carbons (Fsp3) is 0.304. The van der Waals surface area contributed by atoms with Crippen molar-refractivity contribution in [3.63, 3.8) is 0 Å². The third kappa shape index (κ3) is 4.63. The van der Waals surface area contributed by atoms with Crippen molar-refractivity contribution in [3.8, 4) is 5.75 Å². The van der Waals surface area contributed by atoms with Gasteiger partial charge in [0.15, 0.2) is 0 Å². The van der Waals surface area contributed by atoms with E-state index < -0.39 is 0 Å². The third-order valence-electron chi connectivity index (χ3n) is 5.34. The SMILES string of the molecule is COc1ccc(NC(=O)c2cnc([C@H]3CCN(Cc4ccccn4)C3)nc2C)cc1. The number of pyridine rings is 1. The summed E-state index contributed by atoms with van der Waals surface area (Å²) < 4.78 is 5.14. The summed E-state index contributed by atoms with van der Waals surface area (Å²) in [6.07, 6.45) is 4.46. The molecule has 1 saturated heterocycles. The summed E-state index contributed by atoms with van der Waals surface area (Å²) in [6, 6.07) is 13.2. The van der Waals surface area contributed by atoms with E-state index in [0.29, 0.717) is 16.9 Å². The molecule has 0 saturated carbocycles. The normalized spacial score (nSPS) is 16.4. The van der Waals surface area contributed by atoms with Gasteiger partial charge in [-0.3, -0.25) is 14.7 Å². The molecule has 1 aliphatic rings. The highest BCUT2D eigenvalue weighted by Crippen LogP contribution is 2.26. The van der Waals surface area contributed by atoms with Crippen molar-refractivity contribution in [2.24, 2.45) is 0 Å². The van der Waals surface area contributed by atoms with Gasteiger partial charge in [-0.1, -0.05) is 6.07 Å². The lowest BCUT2D eigenvalue weighted by Gasteiger charge is -2.15. The number of aryl methyl sites for hydroxylation is 1. The molecule has 30 heavy (non-hydrogen) atoms. The predicted octanol–water partition coefficient (Wildman–Crippen LogP) is 3.43. The van der Waals surface area contributed by atoms with Gasteiger partial charge in [0.25, 0.3) is 5.91 Å². The average Bonchev–Trinajstić information content (AvgIpc) is 3.23. The zero-order chi connectivity index (χ0) is 20.9. The highest BCUT2D eigenvalue weighted by atomic mass is 16.5. The van der Waals surface area contributed by atoms with Crippen molar-refractivity contribution in [3.05, 3.63) is 77.6 Å². The van der Waals surface area contributed by atoms with E-state index in [1.807, 2.05) is 31.3 Å². The molecule has 1 amide bonds. The zero-order valence-corrected chi connectivity index (χ0v) is 17.2. The largest absolute Gasteiger partial charge is 0.497 e. The van der Waals surface area contributed by atoms with E-state index in [4.69, 9.17) is 4.74 Å². The smallest absolute Gasteiger partial charge is 0.259 e. The Labute approximate surface area is 176 Å². The Morgan fingerprint density at radius 3 is 2.73 bits per heavy atom. The molecule has 0 bridgehead atoms. The molecule has 0 aliphatic carbocycles. The number of likely N-dealkylation sites (tertiary alicyclic amines) is 1. The van der Waals surface area contributed by atoms with E-state index >= 15 is 0 Å². The minimum Gasteiger partial charge on any atom is -0.497 e. The van der Waals surface area contributed by atoms with Gasteiger partial charge in [-0.05, 0) is 56.3 Å². The maximum atomic E-state index is 12.6. The highest BCUT2D eigenvalue weighted by molar-refractivity contribution is 6.04. The van der Waals surface area contributed by atoms with Crippen LogP contribution in [0.25, 0.3) is 0 Å². The Hall–Kier alpha value is -3.32. The molecule has 0 radical (unpaired) electrons. The second kappa shape index (κ2) is 9.00. The maximum Gasteiger partial charge on any atom is 0.259 e. The molecule has 7 nitrogen and oxygen atoms in total. The number of hydrogen-bond acceptors (Lipinski definition) is 6. The van der Waals surface area contributed by atoms with Gasteiger partial charge in [0.2, 0.25) is 0 Å². The van der Waals surface area contributed by atoms with E-state index in [0.717, 1.165) is 43.3 Å². The molecule has 1 N–H and O–H groups in total. The number of aromatic nitrogens is 3. The summed E-state index contributed by atoms with van der Waals surface area (Å²) in [6.45, 7) is 4.57. The minimum atomic E-state index is -0.215. The van der Waals surface area contributed by atoms with Gasteiger partial charge < -0.3 is 10.1 Å². The maximum absolute atomic E-state index is 12.6. The molecule has 2 aromatic heterocycles. The monoisotopic (exact) mass is 403 g/mol. The second-order valence-corrected chi connectivity index (χ2v) is 7.45. The lowest BCUT2D eigenvalue weighted by Crippen LogP contribution is -2.21. The lowest BCUT2D eigenvalue weighted by molar-refractivity contribution is 0.102. The molecule has 1 fully saturated rings. The Bertz CT molecular complexity index is 1010. The van der Waals surface area contributed by atoms with Gasteiger partial charge in [-0.2, -0.15) is 0 Å². The van der Waals surface area contributed by atoms with Crippen LogP contribution >= 0.6 is 0 Å². The number of hydrogen-bond donors (Lipinski definition) is 1. The molecule has 0 spiro atoms. The zero-order valence-electron chi connectivity index (χ0n) is 17.2. The van der Waals surface area contributed by atoms with Crippen molar-refractivity contribution in [2.75, 3.05) is 25.5 Å². The average molecular weight is 403 g/mol. The quantitative estimate of drug-likeness (QED) is 0.679. The van der Waals surface area contributed by atoms with Crippen LogP contribution in [0.15, 0.2) is 54.9 Å². The van der Waals surface area contributed by atoms with Crippen molar-refractivity contribution < 1.29 is 9.53 Å². The van der Waals surface area contributed by atoms with Gasteiger partial charge in [0.05, 0.1) is 24.1 Å². The molecular formula is C23H25N5O2. The number of nitrogens with one attached hydrogen (secondary N) is 1. The summed E-state index contributed by atoms with van der Waals surface area (Å²) in [5, 5.41) is 2.88. The Kier molecular flexibility index (Phi) is 5.99. The number of methoxy groups -OCH3 is 1. The molecule has 0 unspecified atom stereocenters. The summed E-state index contributed by atoms with van der Waals surface area (Å²) in [5.41, 5.74) is 2.94. The standard InChI is InChI=1S/C23H25N5O2/c1-16-21(23(29)27-18-6-8-20(30-2)9-7-18)13-25-22(26-16)17-10-12-28(14-17)15-19-5-3-4-11-24-19/h3-9,11,13,17H,10,12,14-15H2,1-2H3,(H,27,29)/t17-/m0/s1. The van der Waals surface area contributed by atoms with E-state index in [2.05, 4.69) is 25.2 Å². The van der Waals surface area contributed by atoms with Gasteiger partial charge >= 0.3 is 0 Å². The van der Waals surface area contributed by atoms with Crippen molar-refractivity contribution >= 4 is 11.6 Å². The van der Waals surface area contributed by atoms with Crippen LogP contribution in [-0.2, 0) is 6.54 Å². The third-order valence-corrected chi connectivity index (χ3v) is 5.34. The van der Waals surface area contributed by atoms with E-state index in [-0.39, 0.29) is 11.8 Å². The highest BCUT2D eigenvalue weighted by Gasteiger charge is 2.27. The van der Waals surface area contributed by atoms with Crippen LogP contribution in [0.1, 0.15) is 39.9 Å². The number of benzene rings is 1. The number of carbonyl (C=O) groups is 1. The minimum absolute atomic E-state index is 0.215. The summed E-state index contributed by atoms with van der Waals surface area (Å²) in [4.78, 5) is 28.6. The Morgan fingerprint density at radius 2 is 2.03 bits per heavy atom. The first-order chi connectivity index (χ1) is 14.6. The summed E-state index contributed by atoms with van der Waals surface area (Å²) >= 11 is 0. The van der Waals surface area contributed by atoms with Gasteiger partial charge in [0.1, 0.15) is 11.6 Å². The molecule has 3 aromatic rings. The number of amides is 1. The van der Waals surface area contributed by atoms with E-state index in [1.54, 1.807) is 37.6 Å². The second-order valence-electron chi connectivity index (χ2n) is 7.45. The van der Waals surface area contributed by atoms with Crippen molar-refractivity contribution in [1.82, 2.24) is 19.9 Å². The molecule has 1 aliphatic heterocycles. The number of ether oxygens (including phenoxy) is 1. The van der Waals surface area contributed by atoms with Crippen LogP contribution in [0, 0.1) is 6.92 Å². The fourth-order valence-corrected chi connectivity index (χ4v) is 3.69. The van der Waals surface area contributed by atoms with Crippen LogP contribution < -0.4 is 10.1 Å². The van der Waals surface area contributed by atoms with Crippen LogP contribution in [-0.4, -0.2) is 46.0 Å². The van der Waals surface area contributed by atoms with Crippen molar-refractivity contribution in [1.29, 1.82) is 0 Å². The molecule has 4 rings (SSSR count). The van der Waals surface area contributed by atoms with Gasteiger partial charge in [0, 0.05) is 37.1 Å². The fourth-order valence-electron chi connectivity index (χ4n) is 3.69.